The van der Waals surface area contributed by atoms with Gasteiger partial charge in [-0.2, -0.15) is 0 Å². The van der Waals surface area contributed by atoms with E-state index in [0.29, 0.717) is 5.56 Å². The summed E-state index contributed by atoms with van der Waals surface area (Å²) in [5.41, 5.74) is 4.40. The second-order valence-electron chi connectivity index (χ2n) is 4.00. The maximum Gasteiger partial charge on any atom is 0.131 e. The van der Waals surface area contributed by atoms with Gasteiger partial charge in [0.05, 0.1) is 6.04 Å². The first kappa shape index (κ1) is 12.6. The second-order valence-corrected chi connectivity index (χ2v) is 4.00. The molecular formula is C13H13F2N3. The van der Waals surface area contributed by atoms with Crippen molar-refractivity contribution in [1.29, 1.82) is 0 Å². The van der Waals surface area contributed by atoms with Crippen molar-refractivity contribution in [2.24, 2.45) is 5.84 Å². The van der Waals surface area contributed by atoms with E-state index in [9.17, 15) is 8.78 Å². The van der Waals surface area contributed by atoms with E-state index >= 15 is 0 Å². The molecule has 0 aliphatic heterocycles. The van der Waals surface area contributed by atoms with Crippen LogP contribution >= 0.6 is 0 Å². The lowest BCUT2D eigenvalue weighted by molar-refractivity contribution is 0.541. The Morgan fingerprint density at radius 1 is 1.22 bits per heavy atom. The molecule has 0 spiro atoms. The number of nitrogens with two attached hydrogens (primary N) is 1. The van der Waals surface area contributed by atoms with Gasteiger partial charge in [0, 0.05) is 23.5 Å². The van der Waals surface area contributed by atoms with Crippen molar-refractivity contribution in [1.82, 2.24) is 10.4 Å². The SMILES string of the molecule is Cc1cc(C(NN)c2ccc(F)cc2F)ccn1. The van der Waals surface area contributed by atoms with Crippen LogP contribution in [0.2, 0.25) is 0 Å². The van der Waals surface area contributed by atoms with Crippen LogP contribution in [-0.2, 0) is 0 Å². The van der Waals surface area contributed by atoms with Crippen LogP contribution in [0.4, 0.5) is 8.78 Å². The average molecular weight is 249 g/mol. The van der Waals surface area contributed by atoms with E-state index in [1.54, 1.807) is 18.3 Å². The molecule has 2 aromatic rings. The lowest BCUT2D eigenvalue weighted by atomic mass is 9.99. The molecule has 0 saturated heterocycles. The number of rotatable bonds is 3. The molecule has 0 bridgehead atoms. The predicted molar refractivity (Wildman–Crippen MR) is 64.5 cm³/mol. The van der Waals surface area contributed by atoms with Crippen LogP contribution in [0.3, 0.4) is 0 Å². The molecule has 0 aliphatic carbocycles. The predicted octanol–water partition coefficient (Wildman–Crippen LogP) is 2.22. The largest absolute Gasteiger partial charge is 0.271 e. The van der Waals surface area contributed by atoms with Crippen molar-refractivity contribution in [3.8, 4) is 0 Å². The minimum atomic E-state index is -0.632. The third kappa shape index (κ3) is 2.52. The highest BCUT2D eigenvalue weighted by Gasteiger charge is 2.17. The molecule has 3 nitrogen and oxygen atoms in total. The van der Waals surface area contributed by atoms with E-state index in [0.717, 1.165) is 17.3 Å². The van der Waals surface area contributed by atoms with Crippen molar-refractivity contribution in [3.05, 3.63) is 65.0 Å². The molecule has 1 aromatic heterocycles. The van der Waals surface area contributed by atoms with E-state index in [-0.39, 0.29) is 0 Å². The first-order chi connectivity index (χ1) is 8.61. The highest BCUT2D eigenvalue weighted by Crippen LogP contribution is 2.24. The molecule has 1 aromatic carbocycles. The number of benzene rings is 1. The molecule has 0 aliphatic rings. The van der Waals surface area contributed by atoms with Gasteiger partial charge in [0.25, 0.3) is 0 Å². The van der Waals surface area contributed by atoms with E-state index in [2.05, 4.69) is 10.4 Å². The molecule has 0 fully saturated rings. The lowest BCUT2D eigenvalue weighted by Gasteiger charge is -2.17. The molecule has 5 heteroatoms. The lowest BCUT2D eigenvalue weighted by Crippen LogP contribution is -2.29. The Morgan fingerprint density at radius 3 is 2.61 bits per heavy atom. The van der Waals surface area contributed by atoms with Crippen molar-refractivity contribution in [2.45, 2.75) is 13.0 Å². The number of hydrogen-bond acceptors (Lipinski definition) is 3. The standard InChI is InChI=1S/C13H13F2N3/c1-8-6-9(4-5-17-8)13(18-16)11-3-2-10(14)7-12(11)15/h2-7,13,18H,16H2,1H3. The van der Waals surface area contributed by atoms with Gasteiger partial charge < -0.3 is 0 Å². The Bertz CT molecular complexity index is 558. The quantitative estimate of drug-likeness (QED) is 0.647. The molecule has 0 saturated carbocycles. The van der Waals surface area contributed by atoms with E-state index in [1.807, 2.05) is 6.92 Å². The summed E-state index contributed by atoms with van der Waals surface area (Å²) in [7, 11) is 0. The molecule has 1 heterocycles. The summed E-state index contributed by atoms with van der Waals surface area (Å²) < 4.78 is 26.6. The molecule has 0 amide bonds. The van der Waals surface area contributed by atoms with Gasteiger partial charge in [-0.15, -0.1) is 0 Å². The van der Waals surface area contributed by atoms with Crippen LogP contribution in [-0.4, -0.2) is 4.98 Å². The van der Waals surface area contributed by atoms with Gasteiger partial charge in [0.2, 0.25) is 0 Å². The highest BCUT2D eigenvalue weighted by atomic mass is 19.1. The summed E-state index contributed by atoms with van der Waals surface area (Å²) >= 11 is 0. The number of nitrogens with zero attached hydrogens (tertiary/aromatic N) is 1. The molecule has 0 radical (unpaired) electrons. The maximum absolute atomic E-state index is 13.7. The van der Waals surface area contributed by atoms with E-state index in [4.69, 9.17) is 5.84 Å². The van der Waals surface area contributed by atoms with E-state index in [1.165, 1.54) is 12.1 Å². The van der Waals surface area contributed by atoms with Gasteiger partial charge >= 0.3 is 0 Å². The fraction of sp³-hybridized carbons (Fsp3) is 0.154. The fourth-order valence-corrected chi connectivity index (χ4v) is 1.85. The van der Waals surface area contributed by atoms with Crippen molar-refractivity contribution in [2.75, 3.05) is 0 Å². The summed E-state index contributed by atoms with van der Waals surface area (Å²) in [6.07, 6.45) is 1.62. The molecule has 1 unspecified atom stereocenters. The first-order valence-electron chi connectivity index (χ1n) is 5.45. The molecule has 1 atom stereocenters. The van der Waals surface area contributed by atoms with Crippen LogP contribution in [0.5, 0.6) is 0 Å². The zero-order valence-corrected chi connectivity index (χ0v) is 9.82. The Kier molecular flexibility index (Phi) is 3.64. The first-order valence-corrected chi connectivity index (χ1v) is 5.45. The Balaban J connectivity index is 2.45. The second kappa shape index (κ2) is 5.20. The average Bonchev–Trinajstić information content (AvgIpc) is 2.33. The third-order valence-corrected chi connectivity index (χ3v) is 2.69. The smallest absolute Gasteiger partial charge is 0.131 e. The van der Waals surface area contributed by atoms with Crippen molar-refractivity contribution < 1.29 is 8.78 Å². The fourth-order valence-electron chi connectivity index (χ4n) is 1.85. The molecule has 18 heavy (non-hydrogen) atoms. The normalized spacial score (nSPS) is 12.4. The number of nitrogens with one attached hydrogen (secondary N) is 1. The van der Waals surface area contributed by atoms with Crippen LogP contribution in [0, 0.1) is 18.6 Å². The number of hydrazine groups is 1. The summed E-state index contributed by atoms with van der Waals surface area (Å²) in [6, 6.07) is 6.43. The topological polar surface area (TPSA) is 50.9 Å². The van der Waals surface area contributed by atoms with E-state index < -0.39 is 17.7 Å². The molecule has 3 N–H and O–H groups in total. The van der Waals surface area contributed by atoms with Crippen LogP contribution in [0.15, 0.2) is 36.5 Å². The van der Waals surface area contributed by atoms with Gasteiger partial charge in [-0.25, -0.2) is 14.2 Å². The highest BCUT2D eigenvalue weighted by molar-refractivity contribution is 5.32. The van der Waals surface area contributed by atoms with Crippen LogP contribution < -0.4 is 11.3 Å². The molecular weight excluding hydrogens is 236 g/mol. The number of halogens is 2. The van der Waals surface area contributed by atoms with Gasteiger partial charge in [0.1, 0.15) is 11.6 Å². The summed E-state index contributed by atoms with van der Waals surface area (Å²) in [5, 5.41) is 0. The number of pyridine rings is 1. The Morgan fingerprint density at radius 2 is 2.00 bits per heavy atom. The van der Waals surface area contributed by atoms with Crippen LogP contribution in [0.25, 0.3) is 0 Å². The van der Waals surface area contributed by atoms with Crippen molar-refractivity contribution in [3.63, 3.8) is 0 Å². The third-order valence-electron chi connectivity index (χ3n) is 2.69. The number of aryl methyl sites for hydroxylation is 1. The molecule has 94 valence electrons. The minimum Gasteiger partial charge on any atom is -0.271 e. The number of aromatic nitrogens is 1. The van der Waals surface area contributed by atoms with Gasteiger partial charge in [-0.3, -0.25) is 10.8 Å². The summed E-state index contributed by atoms with van der Waals surface area (Å²) in [5.74, 6) is 4.22. The monoisotopic (exact) mass is 249 g/mol. The van der Waals surface area contributed by atoms with Gasteiger partial charge in [0.15, 0.2) is 0 Å². The molecule has 2 rings (SSSR count). The summed E-state index contributed by atoms with van der Waals surface area (Å²) in [6.45, 7) is 1.83. The zero-order chi connectivity index (χ0) is 13.1. The number of hydrogen-bond donors (Lipinski definition) is 2. The van der Waals surface area contributed by atoms with Crippen LogP contribution in [0.1, 0.15) is 22.9 Å². The Hall–Kier alpha value is -1.85. The minimum absolute atomic E-state index is 0.296. The van der Waals surface area contributed by atoms with Gasteiger partial charge in [-0.1, -0.05) is 6.07 Å². The Labute approximate surface area is 104 Å². The maximum atomic E-state index is 13.7. The summed E-state index contributed by atoms with van der Waals surface area (Å²) in [4.78, 5) is 4.06. The van der Waals surface area contributed by atoms with Gasteiger partial charge in [-0.05, 0) is 30.7 Å². The zero-order valence-electron chi connectivity index (χ0n) is 9.82. The van der Waals surface area contributed by atoms with Crippen molar-refractivity contribution >= 4 is 0 Å².